The monoisotopic (exact) mass is 246 g/mol. The Morgan fingerprint density at radius 3 is 2.80 bits per heavy atom. The van der Waals surface area contributed by atoms with E-state index in [0.29, 0.717) is 0 Å². The number of nitrogens with zero attached hydrogens (tertiary/aromatic N) is 1. The van der Waals surface area contributed by atoms with E-state index in [1.807, 2.05) is 19.1 Å². The number of nitrogens with one attached hydrogen (secondary N) is 1. The first-order valence-electron chi connectivity index (χ1n) is 2.87. The molecule has 0 bridgehead atoms. The van der Waals surface area contributed by atoms with Crippen molar-refractivity contribution < 1.29 is 0 Å². The molecule has 0 saturated heterocycles. The average molecular weight is 246 g/mol. The summed E-state index contributed by atoms with van der Waals surface area (Å²) in [4.78, 5) is 4.14. The molecule has 1 aromatic rings. The van der Waals surface area contributed by atoms with Crippen LogP contribution in [0.5, 0.6) is 0 Å². The van der Waals surface area contributed by atoms with E-state index in [4.69, 9.17) is 5.41 Å². The largest absolute Gasteiger partial charge is 0.307 e. The molecule has 1 N–H and O–H groups in total. The van der Waals surface area contributed by atoms with Gasteiger partial charge in [-0.2, -0.15) is 0 Å². The summed E-state index contributed by atoms with van der Waals surface area (Å²) in [6.07, 6.45) is 1.25. The first-order valence-corrected chi connectivity index (χ1v) is 3.95. The van der Waals surface area contributed by atoms with E-state index in [9.17, 15) is 0 Å². The van der Waals surface area contributed by atoms with Crippen LogP contribution in [0.2, 0.25) is 0 Å². The smallest absolute Gasteiger partial charge is 0.0809 e. The van der Waals surface area contributed by atoms with Crippen LogP contribution in [0, 0.1) is 15.9 Å². The predicted octanol–water partition coefficient (Wildman–Crippen LogP) is 1.99. The maximum atomic E-state index is 6.92. The zero-order chi connectivity index (χ0) is 7.56. The molecule has 0 fully saturated rings. The first kappa shape index (κ1) is 7.65. The second kappa shape index (κ2) is 3.09. The van der Waals surface area contributed by atoms with Crippen molar-refractivity contribution in [1.82, 2.24) is 4.98 Å². The summed E-state index contributed by atoms with van der Waals surface area (Å²) in [7, 11) is 0. The van der Waals surface area contributed by atoms with Gasteiger partial charge in [0.2, 0.25) is 0 Å². The van der Waals surface area contributed by atoms with Crippen molar-refractivity contribution in [1.29, 1.82) is 5.41 Å². The maximum Gasteiger partial charge on any atom is 0.0809 e. The lowest BCUT2D eigenvalue weighted by Crippen LogP contribution is -1.91. The van der Waals surface area contributed by atoms with Gasteiger partial charge in [-0.25, -0.2) is 0 Å². The second-order valence-electron chi connectivity index (χ2n) is 1.95. The number of halogens is 1. The van der Waals surface area contributed by atoms with Crippen LogP contribution in [0.25, 0.3) is 0 Å². The van der Waals surface area contributed by atoms with E-state index in [2.05, 4.69) is 27.6 Å². The third-order valence-electron chi connectivity index (χ3n) is 1.19. The quantitative estimate of drug-likeness (QED) is 0.597. The SMILES string of the molecule is Cc1nc(C=N)ccc1I. The third kappa shape index (κ3) is 1.53. The zero-order valence-electron chi connectivity index (χ0n) is 5.56. The Labute approximate surface area is 73.3 Å². The number of pyridine rings is 1. The van der Waals surface area contributed by atoms with Gasteiger partial charge in [0.1, 0.15) is 0 Å². The Morgan fingerprint density at radius 2 is 2.30 bits per heavy atom. The Bertz CT molecular complexity index is 258. The normalized spacial score (nSPS) is 9.40. The Kier molecular flexibility index (Phi) is 2.37. The summed E-state index contributed by atoms with van der Waals surface area (Å²) >= 11 is 2.22. The van der Waals surface area contributed by atoms with E-state index in [-0.39, 0.29) is 0 Å². The van der Waals surface area contributed by atoms with Crippen LogP contribution < -0.4 is 0 Å². The van der Waals surface area contributed by atoms with E-state index in [1.165, 1.54) is 6.21 Å². The maximum absolute atomic E-state index is 6.92. The van der Waals surface area contributed by atoms with Crippen molar-refractivity contribution >= 4 is 28.8 Å². The summed E-state index contributed by atoms with van der Waals surface area (Å²) in [6, 6.07) is 3.80. The van der Waals surface area contributed by atoms with Crippen LogP contribution >= 0.6 is 22.6 Å². The zero-order valence-corrected chi connectivity index (χ0v) is 7.71. The van der Waals surface area contributed by atoms with Crippen LogP contribution in [0.3, 0.4) is 0 Å². The molecule has 10 heavy (non-hydrogen) atoms. The van der Waals surface area contributed by atoms with Crippen LogP contribution in [0.1, 0.15) is 11.4 Å². The minimum atomic E-state index is 0.720. The van der Waals surface area contributed by atoms with Crippen LogP contribution in [-0.2, 0) is 0 Å². The van der Waals surface area contributed by atoms with Crippen LogP contribution in [0.4, 0.5) is 0 Å². The minimum Gasteiger partial charge on any atom is -0.307 e. The fourth-order valence-corrected chi connectivity index (χ4v) is 0.944. The van der Waals surface area contributed by atoms with Gasteiger partial charge in [-0.15, -0.1) is 0 Å². The van der Waals surface area contributed by atoms with Gasteiger partial charge < -0.3 is 5.41 Å². The third-order valence-corrected chi connectivity index (χ3v) is 2.33. The Balaban J connectivity index is 3.16. The molecule has 1 rings (SSSR count). The van der Waals surface area contributed by atoms with Gasteiger partial charge in [0.05, 0.1) is 11.4 Å². The second-order valence-corrected chi connectivity index (χ2v) is 3.11. The summed E-state index contributed by atoms with van der Waals surface area (Å²) in [5, 5.41) is 6.92. The number of aryl methyl sites for hydroxylation is 1. The van der Waals surface area contributed by atoms with Crippen molar-refractivity contribution in [2.24, 2.45) is 0 Å². The minimum absolute atomic E-state index is 0.720. The highest BCUT2D eigenvalue weighted by molar-refractivity contribution is 14.1. The summed E-state index contributed by atoms with van der Waals surface area (Å²) in [6.45, 7) is 1.94. The fourth-order valence-electron chi connectivity index (χ4n) is 0.644. The van der Waals surface area contributed by atoms with E-state index in [1.54, 1.807) is 0 Å². The van der Waals surface area contributed by atoms with Gasteiger partial charge in [0, 0.05) is 9.78 Å². The molecule has 0 unspecified atom stereocenters. The van der Waals surface area contributed by atoms with Crippen molar-refractivity contribution in [2.45, 2.75) is 6.92 Å². The fraction of sp³-hybridized carbons (Fsp3) is 0.143. The molecule has 1 heterocycles. The van der Waals surface area contributed by atoms with Crippen molar-refractivity contribution in [3.8, 4) is 0 Å². The highest BCUT2D eigenvalue weighted by atomic mass is 127. The van der Waals surface area contributed by atoms with Crippen molar-refractivity contribution in [2.75, 3.05) is 0 Å². The molecule has 0 aliphatic carbocycles. The van der Waals surface area contributed by atoms with Crippen LogP contribution in [-0.4, -0.2) is 11.2 Å². The van der Waals surface area contributed by atoms with Gasteiger partial charge in [-0.05, 0) is 41.6 Å². The lowest BCUT2D eigenvalue weighted by molar-refractivity contribution is 1.16. The average Bonchev–Trinajstić information content (AvgIpc) is 1.95. The lowest BCUT2D eigenvalue weighted by atomic mass is 10.3. The predicted molar refractivity (Wildman–Crippen MR) is 49.6 cm³/mol. The molecule has 0 aliphatic heterocycles. The molecule has 0 spiro atoms. The molecule has 0 amide bonds. The van der Waals surface area contributed by atoms with E-state index in [0.717, 1.165) is 15.0 Å². The Morgan fingerprint density at radius 1 is 1.60 bits per heavy atom. The summed E-state index contributed by atoms with van der Waals surface area (Å²) in [5.41, 5.74) is 1.71. The lowest BCUT2D eigenvalue weighted by Gasteiger charge is -1.96. The molecule has 2 nitrogen and oxygen atoms in total. The number of hydrogen-bond donors (Lipinski definition) is 1. The highest BCUT2D eigenvalue weighted by Gasteiger charge is 1.94. The van der Waals surface area contributed by atoms with E-state index < -0.39 is 0 Å². The molecular formula is C7H7IN2. The highest BCUT2D eigenvalue weighted by Crippen LogP contribution is 2.07. The van der Waals surface area contributed by atoms with Crippen LogP contribution in [0.15, 0.2) is 12.1 Å². The van der Waals surface area contributed by atoms with Gasteiger partial charge in [0.15, 0.2) is 0 Å². The molecule has 0 aliphatic rings. The van der Waals surface area contributed by atoms with Crippen molar-refractivity contribution in [3.63, 3.8) is 0 Å². The molecule has 1 aromatic heterocycles. The standard InChI is InChI=1S/C7H7IN2/c1-5-7(8)3-2-6(4-9)10-5/h2-4,9H,1H3. The molecule has 3 heteroatoms. The van der Waals surface area contributed by atoms with Gasteiger partial charge in [-0.1, -0.05) is 0 Å². The molecular weight excluding hydrogens is 239 g/mol. The molecule has 0 aromatic carbocycles. The van der Waals surface area contributed by atoms with Crippen molar-refractivity contribution in [3.05, 3.63) is 27.1 Å². The topological polar surface area (TPSA) is 36.7 Å². The summed E-state index contributed by atoms with van der Waals surface area (Å²) < 4.78 is 1.14. The number of hydrogen-bond acceptors (Lipinski definition) is 2. The molecule has 52 valence electrons. The molecule has 0 atom stereocenters. The van der Waals surface area contributed by atoms with Gasteiger partial charge in [0.25, 0.3) is 0 Å². The van der Waals surface area contributed by atoms with Gasteiger partial charge in [-0.3, -0.25) is 4.98 Å². The van der Waals surface area contributed by atoms with E-state index >= 15 is 0 Å². The summed E-state index contributed by atoms with van der Waals surface area (Å²) in [5.74, 6) is 0. The first-order chi connectivity index (χ1) is 4.74. The number of rotatable bonds is 1. The molecule has 0 saturated carbocycles. The van der Waals surface area contributed by atoms with Gasteiger partial charge >= 0.3 is 0 Å². The Hall–Kier alpha value is -0.450. The number of aromatic nitrogens is 1. The molecule has 0 radical (unpaired) electrons.